The highest BCUT2D eigenvalue weighted by atomic mass is 35.5. The van der Waals surface area contributed by atoms with Crippen LogP contribution >= 0.6 is 11.6 Å². The van der Waals surface area contributed by atoms with Crippen molar-refractivity contribution in [1.29, 1.82) is 5.26 Å². The topological polar surface area (TPSA) is 87.5 Å². The standard InChI is InChI=1S/C15H17ClN2O4S/c1-2-18(12-5-6-23(20,21)10-12)15(19)9-22-14-4-3-11(8-17)7-13(14)16/h3-4,7,12H,2,5-6,9-10H2,1H3/t12-/m1/s1. The predicted octanol–water partition coefficient (Wildman–Crippen LogP) is 1.63. The van der Waals surface area contributed by atoms with Gasteiger partial charge in [0.05, 0.1) is 28.2 Å². The number of nitriles is 1. The Labute approximate surface area is 140 Å². The van der Waals surface area contributed by atoms with E-state index in [2.05, 4.69) is 0 Å². The van der Waals surface area contributed by atoms with Gasteiger partial charge in [-0.1, -0.05) is 11.6 Å². The Morgan fingerprint density at radius 3 is 2.78 bits per heavy atom. The molecular formula is C15H17ClN2O4S. The lowest BCUT2D eigenvalue weighted by molar-refractivity contribution is -0.135. The number of likely N-dealkylation sites (N-methyl/N-ethyl adjacent to an activating group) is 1. The van der Waals surface area contributed by atoms with Crippen LogP contribution in [0.2, 0.25) is 5.02 Å². The zero-order valence-electron chi connectivity index (χ0n) is 12.7. The number of hydrogen-bond acceptors (Lipinski definition) is 5. The van der Waals surface area contributed by atoms with Crippen LogP contribution < -0.4 is 4.74 Å². The first-order valence-corrected chi connectivity index (χ1v) is 9.38. The molecule has 1 aliphatic heterocycles. The fourth-order valence-corrected chi connectivity index (χ4v) is 4.54. The molecule has 0 spiro atoms. The Morgan fingerprint density at radius 1 is 1.52 bits per heavy atom. The molecule has 1 heterocycles. The van der Waals surface area contributed by atoms with Crippen LogP contribution in [0.4, 0.5) is 0 Å². The molecule has 6 nitrogen and oxygen atoms in total. The summed E-state index contributed by atoms with van der Waals surface area (Å²) in [7, 11) is -3.05. The van der Waals surface area contributed by atoms with Gasteiger partial charge in [-0.15, -0.1) is 0 Å². The molecule has 2 rings (SSSR count). The molecule has 0 aromatic heterocycles. The summed E-state index contributed by atoms with van der Waals surface area (Å²) in [5, 5.41) is 9.03. The van der Waals surface area contributed by atoms with Gasteiger partial charge < -0.3 is 9.64 Å². The van der Waals surface area contributed by atoms with Gasteiger partial charge >= 0.3 is 0 Å². The van der Waals surface area contributed by atoms with Crippen LogP contribution in [0, 0.1) is 11.3 Å². The van der Waals surface area contributed by atoms with Crippen LogP contribution in [-0.4, -0.2) is 49.9 Å². The summed E-state index contributed by atoms with van der Waals surface area (Å²) in [6.07, 6.45) is 0.458. The molecule has 0 N–H and O–H groups in total. The molecule has 1 aliphatic rings. The van der Waals surface area contributed by atoms with Gasteiger partial charge in [-0.05, 0) is 31.5 Å². The minimum atomic E-state index is -3.05. The average molecular weight is 357 g/mol. The van der Waals surface area contributed by atoms with Gasteiger partial charge in [-0.3, -0.25) is 4.79 Å². The van der Waals surface area contributed by atoms with Crippen molar-refractivity contribution in [1.82, 2.24) is 4.90 Å². The maximum atomic E-state index is 12.3. The molecule has 1 amide bonds. The van der Waals surface area contributed by atoms with E-state index in [4.69, 9.17) is 21.6 Å². The van der Waals surface area contributed by atoms with E-state index in [9.17, 15) is 13.2 Å². The molecule has 23 heavy (non-hydrogen) atoms. The van der Waals surface area contributed by atoms with Gasteiger partial charge in [-0.25, -0.2) is 8.42 Å². The first-order chi connectivity index (χ1) is 10.9. The van der Waals surface area contributed by atoms with Gasteiger partial charge in [0.2, 0.25) is 0 Å². The molecule has 1 atom stereocenters. The monoisotopic (exact) mass is 356 g/mol. The first-order valence-electron chi connectivity index (χ1n) is 7.18. The van der Waals surface area contributed by atoms with Crippen molar-refractivity contribution >= 4 is 27.3 Å². The number of halogens is 1. The smallest absolute Gasteiger partial charge is 0.260 e. The number of ether oxygens (including phenoxy) is 1. The highest BCUT2D eigenvalue weighted by Gasteiger charge is 2.33. The number of benzene rings is 1. The third kappa shape index (κ3) is 4.36. The van der Waals surface area contributed by atoms with Crippen molar-refractivity contribution in [3.05, 3.63) is 28.8 Å². The lowest BCUT2D eigenvalue weighted by atomic mass is 10.2. The number of rotatable bonds is 5. The summed E-state index contributed by atoms with van der Waals surface area (Å²) in [5.74, 6) is 0.151. The van der Waals surface area contributed by atoms with Crippen LogP contribution in [-0.2, 0) is 14.6 Å². The van der Waals surface area contributed by atoms with E-state index in [0.717, 1.165) is 0 Å². The van der Waals surface area contributed by atoms with Crippen molar-refractivity contribution < 1.29 is 17.9 Å². The number of amides is 1. The van der Waals surface area contributed by atoms with E-state index in [0.29, 0.717) is 24.3 Å². The van der Waals surface area contributed by atoms with Crippen molar-refractivity contribution in [2.45, 2.75) is 19.4 Å². The second kappa shape index (κ2) is 7.20. The van der Waals surface area contributed by atoms with Crippen molar-refractivity contribution in [3.8, 4) is 11.8 Å². The molecular weight excluding hydrogens is 340 g/mol. The molecule has 0 aliphatic carbocycles. The molecule has 0 bridgehead atoms. The molecule has 1 fully saturated rings. The second-order valence-electron chi connectivity index (χ2n) is 5.28. The third-order valence-electron chi connectivity index (χ3n) is 3.72. The second-order valence-corrected chi connectivity index (χ2v) is 7.92. The Bertz CT molecular complexity index is 742. The van der Waals surface area contributed by atoms with E-state index < -0.39 is 9.84 Å². The summed E-state index contributed by atoms with van der Waals surface area (Å²) in [4.78, 5) is 13.8. The number of carbonyl (C=O) groups is 1. The van der Waals surface area contributed by atoms with Crippen LogP contribution in [0.5, 0.6) is 5.75 Å². The number of hydrogen-bond donors (Lipinski definition) is 0. The van der Waals surface area contributed by atoms with Gasteiger partial charge in [0.1, 0.15) is 5.75 Å². The Balaban J connectivity index is 1.99. The molecule has 0 saturated carbocycles. The molecule has 8 heteroatoms. The lowest BCUT2D eigenvalue weighted by Crippen LogP contribution is -2.43. The fourth-order valence-electron chi connectivity index (χ4n) is 2.57. The SMILES string of the molecule is CCN(C(=O)COc1ccc(C#N)cc1Cl)[C@@H]1CCS(=O)(=O)C1. The fraction of sp³-hybridized carbons (Fsp3) is 0.467. The summed E-state index contributed by atoms with van der Waals surface area (Å²) >= 11 is 5.99. The van der Waals surface area contributed by atoms with Gasteiger partial charge in [-0.2, -0.15) is 5.26 Å². The van der Waals surface area contributed by atoms with E-state index in [1.807, 2.05) is 6.07 Å². The average Bonchev–Trinajstić information content (AvgIpc) is 2.86. The lowest BCUT2D eigenvalue weighted by Gasteiger charge is -2.26. The van der Waals surface area contributed by atoms with Crippen molar-refractivity contribution in [2.24, 2.45) is 0 Å². The van der Waals surface area contributed by atoms with Crippen LogP contribution in [0.3, 0.4) is 0 Å². The van der Waals surface area contributed by atoms with Gasteiger partial charge in [0.25, 0.3) is 5.91 Å². The van der Waals surface area contributed by atoms with E-state index in [-0.39, 0.29) is 35.1 Å². The minimum Gasteiger partial charge on any atom is -0.482 e. The van der Waals surface area contributed by atoms with Gasteiger partial charge in [0.15, 0.2) is 16.4 Å². The van der Waals surface area contributed by atoms with E-state index >= 15 is 0 Å². The maximum Gasteiger partial charge on any atom is 0.260 e. The van der Waals surface area contributed by atoms with Crippen LogP contribution in [0.1, 0.15) is 18.9 Å². The number of nitrogens with zero attached hydrogens (tertiary/aromatic N) is 2. The quantitative estimate of drug-likeness (QED) is 0.800. The normalized spacial score (nSPS) is 19.1. The largest absolute Gasteiger partial charge is 0.482 e. The predicted molar refractivity (Wildman–Crippen MR) is 86.1 cm³/mol. The summed E-state index contributed by atoms with van der Waals surface area (Å²) in [5.41, 5.74) is 0.403. The Hall–Kier alpha value is -1.78. The zero-order valence-corrected chi connectivity index (χ0v) is 14.2. The van der Waals surface area contributed by atoms with Crippen LogP contribution in [0.25, 0.3) is 0 Å². The molecule has 1 aromatic carbocycles. The number of sulfone groups is 1. The van der Waals surface area contributed by atoms with E-state index in [1.165, 1.54) is 17.0 Å². The highest BCUT2D eigenvalue weighted by molar-refractivity contribution is 7.91. The van der Waals surface area contributed by atoms with Crippen molar-refractivity contribution in [2.75, 3.05) is 24.7 Å². The third-order valence-corrected chi connectivity index (χ3v) is 5.77. The first kappa shape index (κ1) is 17.6. The van der Waals surface area contributed by atoms with E-state index in [1.54, 1.807) is 13.0 Å². The number of carbonyl (C=O) groups excluding carboxylic acids is 1. The summed E-state index contributed by atoms with van der Waals surface area (Å²) in [6, 6.07) is 6.21. The van der Waals surface area contributed by atoms with Gasteiger partial charge in [0, 0.05) is 12.6 Å². The maximum absolute atomic E-state index is 12.3. The van der Waals surface area contributed by atoms with Crippen molar-refractivity contribution in [3.63, 3.8) is 0 Å². The summed E-state index contributed by atoms with van der Waals surface area (Å²) < 4.78 is 28.5. The zero-order chi connectivity index (χ0) is 17.0. The molecule has 1 aromatic rings. The minimum absolute atomic E-state index is 0.00417. The molecule has 124 valence electrons. The molecule has 1 saturated heterocycles. The van der Waals surface area contributed by atoms with Crippen LogP contribution in [0.15, 0.2) is 18.2 Å². The molecule has 0 unspecified atom stereocenters. The Morgan fingerprint density at radius 2 is 2.26 bits per heavy atom. The summed E-state index contributed by atoms with van der Waals surface area (Å²) in [6.45, 7) is 2.00. The Kier molecular flexibility index (Phi) is 5.50. The molecule has 0 radical (unpaired) electrons. The highest BCUT2D eigenvalue weighted by Crippen LogP contribution is 2.25.